The molecule has 0 unspecified atom stereocenters. The molecule has 0 radical (unpaired) electrons. The molecule has 0 aliphatic rings. The number of carboxylic acids is 1. The van der Waals surface area contributed by atoms with Crippen molar-refractivity contribution in [3.8, 4) is 27.5 Å². The largest absolute Gasteiger partial charge is 0.476 e. The first-order valence-electron chi connectivity index (χ1n) is 11.2. The van der Waals surface area contributed by atoms with Gasteiger partial charge in [-0.15, -0.1) is 11.8 Å². The molecular weight excluding hydrogens is 535 g/mol. The van der Waals surface area contributed by atoms with Gasteiger partial charge in [0.15, 0.2) is 5.69 Å². The number of aryl methyl sites for hydroxylation is 2. The number of halogens is 2. The number of hydrogen-bond donors (Lipinski definition) is 1. The lowest BCUT2D eigenvalue weighted by molar-refractivity contribution is 0.0688. The second-order valence-electron chi connectivity index (χ2n) is 8.62. The highest BCUT2D eigenvalue weighted by molar-refractivity contribution is 8.01. The first-order valence-corrected chi connectivity index (χ1v) is 13.6. The quantitative estimate of drug-likeness (QED) is 0.214. The van der Waals surface area contributed by atoms with Gasteiger partial charge in [-0.2, -0.15) is 9.78 Å². The maximum atomic E-state index is 12.7. The Bertz CT molecular complexity index is 1630. The van der Waals surface area contributed by atoms with Crippen LogP contribution >= 0.6 is 46.3 Å². The van der Waals surface area contributed by atoms with Crippen LogP contribution in [0.15, 0.2) is 52.9 Å². The standard InChI is InChI=1S/C26H22Cl2N4O2S2/c1-13(2)35-25-21(16-8-9-18(27)19(28)12-16)29-26(36-25)32-23(24(33)34)20(14(3)30-32)17-7-5-6-15-10-11-31(4)22(15)17/h5-13H,1-4H3,(H,33,34). The predicted molar refractivity (Wildman–Crippen MR) is 149 cm³/mol. The highest BCUT2D eigenvalue weighted by Crippen LogP contribution is 2.42. The van der Waals surface area contributed by atoms with E-state index < -0.39 is 5.97 Å². The molecule has 3 aromatic heterocycles. The number of benzene rings is 2. The molecule has 5 aromatic rings. The summed E-state index contributed by atoms with van der Waals surface area (Å²) >= 11 is 15.5. The number of rotatable bonds is 6. The predicted octanol–water partition coefficient (Wildman–Crippen LogP) is 7.97. The summed E-state index contributed by atoms with van der Waals surface area (Å²) in [6, 6.07) is 13.3. The SMILES string of the molecule is Cc1nn(-c2nc(-c3ccc(Cl)c(Cl)c3)c(SC(C)C)s2)c(C(=O)O)c1-c1cccc2ccn(C)c12. The summed E-state index contributed by atoms with van der Waals surface area (Å²) in [6.07, 6.45) is 1.97. The minimum atomic E-state index is -1.07. The summed E-state index contributed by atoms with van der Waals surface area (Å²) in [5.41, 5.74) is 4.59. The maximum Gasteiger partial charge on any atom is 0.355 e. The van der Waals surface area contributed by atoms with Crippen molar-refractivity contribution in [1.82, 2.24) is 19.3 Å². The van der Waals surface area contributed by atoms with Crippen LogP contribution < -0.4 is 0 Å². The second kappa shape index (κ2) is 9.59. The number of carbonyl (C=O) groups is 1. The van der Waals surface area contributed by atoms with Crippen LogP contribution in [-0.2, 0) is 7.05 Å². The van der Waals surface area contributed by atoms with Crippen molar-refractivity contribution < 1.29 is 9.90 Å². The van der Waals surface area contributed by atoms with Gasteiger partial charge in [-0.05, 0) is 25.1 Å². The number of aromatic nitrogens is 4. The molecule has 1 N–H and O–H groups in total. The highest BCUT2D eigenvalue weighted by atomic mass is 35.5. The number of aromatic carboxylic acids is 1. The minimum Gasteiger partial charge on any atom is -0.476 e. The van der Waals surface area contributed by atoms with E-state index in [2.05, 4.69) is 18.9 Å². The lowest BCUT2D eigenvalue weighted by Gasteiger charge is -2.08. The van der Waals surface area contributed by atoms with Gasteiger partial charge < -0.3 is 9.67 Å². The van der Waals surface area contributed by atoms with E-state index in [0.717, 1.165) is 31.9 Å². The molecule has 6 nitrogen and oxygen atoms in total. The van der Waals surface area contributed by atoms with E-state index in [9.17, 15) is 9.90 Å². The van der Waals surface area contributed by atoms with Crippen LogP contribution in [0.1, 0.15) is 30.0 Å². The Balaban J connectivity index is 1.74. The summed E-state index contributed by atoms with van der Waals surface area (Å²) in [5, 5.41) is 17.7. The van der Waals surface area contributed by atoms with Gasteiger partial charge in [0, 0.05) is 40.6 Å². The summed E-state index contributed by atoms with van der Waals surface area (Å²) in [7, 11) is 1.95. The number of thiazole rings is 1. The topological polar surface area (TPSA) is 72.9 Å². The van der Waals surface area contributed by atoms with Gasteiger partial charge in [0.2, 0.25) is 5.13 Å². The van der Waals surface area contributed by atoms with Crippen LogP contribution in [0.4, 0.5) is 0 Å². The van der Waals surface area contributed by atoms with Gasteiger partial charge in [-0.25, -0.2) is 9.78 Å². The lowest BCUT2D eigenvalue weighted by Crippen LogP contribution is -2.09. The number of hydrogen-bond acceptors (Lipinski definition) is 5. The average molecular weight is 558 g/mol. The number of nitrogens with zero attached hydrogens (tertiary/aromatic N) is 4. The highest BCUT2D eigenvalue weighted by Gasteiger charge is 2.28. The zero-order valence-corrected chi connectivity index (χ0v) is 23.1. The summed E-state index contributed by atoms with van der Waals surface area (Å²) in [5.74, 6) is -1.07. The zero-order valence-electron chi connectivity index (χ0n) is 19.9. The Morgan fingerprint density at radius 2 is 1.92 bits per heavy atom. The van der Waals surface area contributed by atoms with Crippen molar-refractivity contribution in [2.45, 2.75) is 30.2 Å². The van der Waals surface area contributed by atoms with Crippen LogP contribution in [0.5, 0.6) is 0 Å². The first kappa shape index (κ1) is 24.9. The fraction of sp³-hybridized carbons (Fsp3) is 0.192. The summed E-state index contributed by atoms with van der Waals surface area (Å²) < 4.78 is 4.40. The summed E-state index contributed by atoms with van der Waals surface area (Å²) in [4.78, 5) is 17.5. The maximum absolute atomic E-state index is 12.7. The van der Waals surface area contributed by atoms with E-state index in [1.807, 2.05) is 55.1 Å². The fourth-order valence-electron chi connectivity index (χ4n) is 4.25. The van der Waals surface area contributed by atoms with Crippen LogP contribution in [0.3, 0.4) is 0 Å². The molecule has 0 aliphatic carbocycles. The van der Waals surface area contributed by atoms with Crippen molar-refractivity contribution in [2.24, 2.45) is 7.05 Å². The van der Waals surface area contributed by atoms with E-state index >= 15 is 0 Å². The van der Waals surface area contributed by atoms with Crippen molar-refractivity contribution in [1.29, 1.82) is 0 Å². The van der Waals surface area contributed by atoms with Crippen molar-refractivity contribution in [3.63, 3.8) is 0 Å². The Morgan fingerprint density at radius 1 is 1.14 bits per heavy atom. The third-order valence-corrected chi connectivity index (χ3v) is 8.71. The second-order valence-corrected chi connectivity index (χ2v) is 12.3. The Kier molecular flexibility index (Phi) is 6.63. The van der Waals surface area contributed by atoms with Gasteiger partial charge in [-0.3, -0.25) is 0 Å². The smallest absolute Gasteiger partial charge is 0.355 e. The van der Waals surface area contributed by atoms with Gasteiger partial charge >= 0.3 is 5.97 Å². The van der Waals surface area contributed by atoms with Crippen LogP contribution in [0, 0.1) is 6.92 Å². The molecule has 0 amide bonds. The fourth-order valence-corrected chi connectivity index (χ4v) is 7.03. The Labute approximate surface area is 226 Å². The molecule has 0 saturated heterocycles. The van der Waals surface area contributed by atoms with E-state index in [1.54, 1.807) is 23.9 Å². The molecule has 0 saturated carbocycles. The zero-order chi connectivity index (χ0) is 25.7. The third kappa shape index (κ3) is 4.32. The van der Waals surface area contributed by atoms with E-state index in [4.69, 9.17) is 28.2 Å². The lowest BCUT2D eigenvalue weighted by atomic mass is 10.0. The van der Waals surface area contributed by atoms with Crippen molar-refractivity contribution in [2.75, 3.05) is 0 Å². The molecule has 184 valence electrons. The molecule has 0 atom stereocenters. The van der Waals surface area contributed by atoms with Crippen LogP contribution in [-0.4, -0.2) is 35.7 Å². The molecule has 36 heavy (non-hydrogen) atoms. The molecule has 5 rings (SSSR count). The normalized spacial score (nSPS) is 11.6. The van der Waals surface area contributed by atoms with Crippen LogP contribution in [0.25, 0.3) is 38.4 Å². The van der Waals surface area contributed by atoms with E-state index in [1.165, 1.54) is 16.0 Å². The molecule has 2 aromatic carbocycles. The van der Waals surface area contributed by atoms with Gasteiger partial charge in [0.1, 0.15) is 0 Å². The Hall–Kier alpha value is -2.78. The van der Waals surface area contributed by atoms with Crippen molar-refractivity contribution in [3.05, 3.63) is 70.1 Å². The molecular formula is C26H22Cl2N4O2S2. The number of thioether (sulfide) groups is 1. The molecule has 3 heterocycles. The average Bonchev–Trinajstić information content (AvgIpc) is 3.50. The van der Waals surface area contributed by atoms with Crippen LogP contribution in [0.2, 0.25) is 10.0 Å². The monoisotopic (exact) mass is 556 g/mol. The van der Waals surface area contributed by atoms with Gasteiger partial charge in [0.05, 0.1) is 31.2 Å². The number of fused-ring (bicyclic) bond motifs is 1. The minimum absolute atomic E-state index is 0.0803. The molecule has 0 bridgehead atoms. The Morgan fingerprint density at radius 3 is 2.61 bits per heavy atom. The molecule has 10 heteroatoms. The molecule has 0 spiro atoms. The first-order chi connectivity index (χ1) is 17.2. The number of carboxylic acid groups (broad SMARTS) is 1. The number of para-hydroxylation sites is 1. The van der Waals surface area contributed by atoms with E-state index in [-0.39, 0.29) is 5.69 Å². The summed E-state index contributed by atoms with van der Waals surface area (Å²) in [6.45, 7) is 6.03. The molecule has 0 fully saturated rings. The van der Waals surface area contributed by atoms with Gasteiger partial charge in [0.25, 0.3) is 0 Å². The van der Waals surface area contributed by atoms with Gasteiger partial charge in [-0.1, -0.05) is 72.7 Å². The van der Waals surface area contributed by atoms with Crippen molar-refractivity contribution >= 4 is 63.2 Å². The molecule has 0 aliphatic heterocycles. The van der Waals surface area contributed by atoms with E-state index in [0.29, 0.717) is 31.7 Å². The third-order valence-electron chi connectivity index (χ3n) is 5.73.